The lowest BCUT2D eigenvalue weighted by molar-refractivity contribution is 0.00578. The molecule has 0 amide bonds. The fourth-order valence-electron chi connectivity index (χ4n) is 1.81. The summed E-state index contributed by atoms with van der Waals surface area (Å²) in [5, 5.41) is 0. The maximum Gasteiger partial charge on any atom is 0.494 e. The molecule has 5 heteroatoms. The normalized spacial score (nSPS) is 21.3. The molecular formula is C13H18BClO3. The Labute approximate surface area is 114 Å². The van der Waals surface area contributed by atoms with Crippen LogP contribution in [-0.2, 0) is 20.2 Å². The van der Waals surface area contributed by atoms with Gasteiger partial charge in [0.15, 0.2) is 0 Å². The highest BCUT2D eigenvalue weighted by atomic mass is 35.5. The molecule has 0 atom stereocenters. The van der Waals surface area contributed by atoms with E-state index in [0.29, 0.717) is 6.61 Å². The first-order chi connectivity index (χ1) is 8.36. The summed E-state index contributed by atoms with van der Waals surface area (Å²) in [5.41, 5.74) is 1.41. The molecule has 1 aromatic rings. The van der Waals surface area contributed by atoms with Crippen LogP contribution in [0.5, 0.6) is 0 Å². The monoisotopic (exact) mass is 268 g/mol. The first kappa shape index (κ1) is 13.9. The third-order valence-electron chi connectivity index (χ3n) is 3.73. The van der Waals surface area contributed by atoms with Crippen LogP contribution in [0.4, 0.5) is 0 Å². The van der Waals surface area contributed by atoms with Gasteiger partial charge in [0.05, 0.1) is 29.7 Å². The summed E-state index contributed by atoms with van der Waals surface area (Å²) in [6.45, 7) is 8.57. The van der Waals surface area contributed by atoms with Crippen molar-refractivity contribution in [3.63, 3.8) is 0 Å². The molecule has 1 fully saturated rings. The van der Waals surface area contributed by atoms with Crippen LogP contribution in [0.25, 0.3) is 0 Å². The fraction of sp³-hybridized carbons (Fsp3) is 0.538. The van der Waals surface area contributed by atoms with Gasteiger partial charge in [0, 0.05) is 0 Å². The molecule has 0 unspecified atom stereocenters. The number of benzene rings is 1. The minimum atomic E-state index is -0.319. The molecule has 1 aliphatic rings. The quantitative estimate of drug-likeness (QED) is 0.789. The summed E-state index contributed by atoms with van der Waals surface area (Å²) in [7, 11) is -0.319. The molecule has 18 heavy (non-hydrogen) atoms. The highest BCUT2D eigenvalue weighted by Crippen LogP contribution is 2.36. The maximum absolute atomic E-state index is 5.97. The van der Waals surface area contributed by atoms with Crippen molar-refractivity contribution in [2.75, 3.05) is 0 Å². The second kappa shape index (κ2) is 4.85. The van der Waals surface area contributed by atoms with E-state index >= 15 is 0 Å². The van der Waals surface area contributed by atoms with Gasteiger partial charge in [-0.3, -0.25) is 4.29 Å². The Kier molecular flexibility index (Phi) is 3.74. The van der Waals surface area contributed by atoms with Crippen molar-refractivity contribution in [2.24, 2.45) is 0 Å². The molecule has 1 heterocycles. The molecule has 1 saturated heterocycles. The van der Waals surface area contributed by atoms with Crippen molar-refractivity contribution in [2.45, 2.75) is 45.5 Å². The molecule has 98 valence electrons. The van der Waals surface area contributed by atoms with Gasteiger partial charge in [0.2, 0.25) is 0 Å². The summed E-state index contributed by atoms with van der Waals surface area (Å²) in [4.78, 5) is 0. The van der Waals surface area contributed by atoms with Crippen LogP contribution >= 0.6 is 11.9 Å². The van der Waals surface area contributed by atoms with Crippen molar-refractivity contribution in [1.29, 1.82) is 0 Å². The number of rotatable bonds is 3. The molecule has 0 aromatic heterocycles. The molecule has 0 saturated carbocycles. The van der Waals surface area contributed by atoms with Crippen molar-refractivity contribution in [3.05, 3.63) is 29.8 Å². The van der Waals surface area contributed by atoms with E-state index in [9.17, 15) is 0 Å². The number of halogens is 1. The van der Waals surface area contributed by atoms with Crippen LogP contribution in [0.3, 0.4) is 0 Å². The molecular weight excluding hydrogens is 250 g/mol. The van der Waals surface area contributed by atoms with Crippen LogP contribution < -0.4 is 5.46 Å². The van der Waals surface area contributed by atoms with Crippen LogP contribution in [0.1, 0.15) is 33.3 Å². The summed E-state index contributed by atoms with van der Waals surface area (Å²) in [6.07, 6.45) is 0. The van der Waals surface area contributed by atoms with Crippen LogP contribution in [0.15, 0.2) is 24.3 Å². The summed E-state index contributed by atoms with van der Waals surface area (Å²) in [5.74, 6) is 0. The van der Waals surface area contributed by atoms with E-state index in [1.165, 1.54) is 0 Å². The van der Waals surface area contributed by atoms with Gasteiger partial charge >= 0.3 is 7.12 Å². The minimum Gasteiger partial charge on any atom is -0.399 e. The molecule has 2 rings (SSSR count). The minimum absolute atomic E-state index is 0.310. The number of hydrogen-bond acceptors (Lipinski definition) is 3. The Morgan fingerprint density at radius 1 is 1.06 bits per heavy atom. The lowest BCUT2D eigenvalue weighted by atomic mass is 9.79. The SMILES string of the molecule is CC1(C)OB(c2ccc(COCl)cc2)OC1(C)C. The number of hydrogen-bond donors (Lipinski definition) is 0. The molecule has 1 aromatic carbocycles. The predicted molar refractivity (Wildman–Crippen MR) is 72.8 cm³/mol. The van der Waals surface area contributed by atoms with Crippen molar-refractivity contribution in [3.8, 4) is 0 Å². The van der Waals surface area contributed by atoms with Crippen LogP contribution in [-0.4, -0.2) is 18.3 Å². The lowest BCUT2D eigenvalue weighted by Gasteiger charge is -2.32. The van der Waals surface area contributed by atoms with Gasteiger partial charge in [-0.2, -0.15) is 0 Å². The van der Waals surface area contributed by atoms with Gasteiger partial charge in [-0.15, -0.1) is 0 Å². The van der Waals surface area contributed by atoms with E-state index in [-0.39, 0.29) is 18.3 Å². The highest BCUT2D eigenvalue weighted by molar-refractivity contribution is 6.62. The third-order valence-corrected chi connectivity index (χ3v) is 3.84. The van der Waals surface area contributed by atoms with E-state index < -0.39 is 0 Å². The molecule has 3 nitrogen and oxygen atoms in total. The topological polar surface area (TPSA) is 27.7 Å². The van der Waals surface area contributed by atoms with Gasteiger partial charge in [-0.25, -0.2) is 0 Å². The van der Waals surface area contributed by atoms with Gasteiger partial charge in [-0.05, 0) is 38.7 Å². The summed E-state index contributed by atoms with van der Waals surface area (Å²) in [6, 6.07) is 7.88. The van der Waals surface area contributed by atoms with E-state index in [1.54, 1.807) is 0 Å². The average molecular weight is 269 g/mol. The molecule has 0 spiro atoms. The predicted octanol–water partition coefficient (Wildman–Crippen LogP) is 2.66. The molecule has 0 N–H and O–H groups in total. The molecule has 0 radical (unpaired) electrons. The zero-order valence-electron chi connectivity index (χ0n) is 11.2. The van der Waals surface area contributed by atoms with E-state index in [2.05, 4.69) is 4.29 Å². The van der Waals surface area contributed by atoms with Gasteiger partial charge in [0.1, 0.15) is 0 Å². The third kappa shape index (κ3) is 2.57. The Bertz CT molecular complexity index is 401. The van der Waals surface area contributed by atoms with E-state index in [4.69, 9.17) is 21.2 Å². The van der Waals surface area contributed by atoms with Crippen molar-refractivity contribution >= 4 is 24.4 Å². The maximum atomic E-state index is 5.97. The zero-order chi connectivity index (χ0) is 13.4. The van der Waals surface area contributed by atoms with Crippen LogP contribution in [0, 0.1) is 0 Å². The first-order valence-electron chi connectivity index (χ1n) is 6.04. The Morgan fingerprint density at radius 3 is 2.00 bits per heavy atom. The second-order valence-electron chi connectivity index (χ2n) is 5.58. The van der Waals surface area contributed by atoms with Crippen LogP contribution in [0.2, 0.25) is 0 Å². The first-order valence-corrected chi connectivity index (χ1v) is 6.34. The standard InChI is InChI=1S/C13H18BClO3/c1-12(2)13(3,4)18-14(17-12)11-7-5-10(6-8-11)9-16-15/h5-8H,9H2,1-4H3. The lowest BCUT2D eigenvalue weighted by Crippen LogP contribution is -2.41. The van der Waals surface area contributed by atoms with E-state index in [1.807, 2.05) is 52.0 Å². The largest absolute Gasteiger partial charge is 0.494 e. The average Bonchev–Trinajstić information content (AvgIpc) is 2.50. The van der Waals surface area contributed by atoms with E-state index in [0.717, 1.165) is 11.0 Å². The van der Waals surface area contributed by atoms with Gasteiger partial charge < -0.3 is 9.31 Å². The Hall–Kier alpha value is -0.545. The summed E-state index contributed by atoms with van der Waals surface area (Å²) >= 11 is 5.23. The summed E-state index contributed by atoms with van der Waals surface area (Å²) < 4.78 is 16.5. The molecule has 0 aliphatic carbocycles. The molecule has 0 bridgehead atoms. The fourth-order valence-corrected chi connectivity index (χ4v) is 1.94. The Morgan fingerprint density at radius 2 is 1.56 bits per heavy atom. The van der Waals surface area contributed by atoms with Gasteiger partial charge in [-0.1, -0.05) is 24.3 Å². The van der Waals surface area contributed by atoms with Crippen molar-refractivity contribution in [1.82, 2.24) is 0 Å². The second-order valence-corrected chi connectivity index (χ2v) is 5.80. The Balaban J connectivity index is 2.14. The van der Waals surface area contributed by atoms with Gasteiger partial charge in [0.25, 0.3) is 0 Å². The molecule has 1 aliphatic heterocycles. The smallest absolute Gasteiger partial charge is 0.399 e. The van der Waals surface area contributed by atoms with Crippen molar-refractivity contribution < 1.29 is 13.6 Å². The highest BCUT2D eigenvalue weighted by Gasteiger charge is 2.51. The zero-order valence-corrected chi connectivity index (χ0v) is 12.0.